The van der Waals surface area contributed by atoms with Crippen molar-refractivity contribution in [1.29, 1.82) is 0 Å². The summed E-state index contributed by atoms with van der Waals surface area (Å²) in [7, 11) is 0. The zero-order valence-corrected chi connectivity index (χ0v) is 10.3. The van der Waals surface area contributed by atoms with E-state index in [9.17, 15) is 0 Å². The first-order chi connectivity index (χ1) is 7.42. The summed E-state index contributed by atoms with van der Waals surface area (Å²) in [6.07, 6.45) is 13.2. The molecule has 15 heavy (non-hydrogen) atoms. The highest BCUT2D eigenvalue weighted by Crippen LogP contribution is 2.38. The second kappa shape index (κ2) is 5.89. The fourth-order valence-electron chi connectivity index (χ4n) is 3.66. The summed E-state index contributed by atoms with van der Waals surface area (Å²) in [6, 6.07) is 0.871. The molecule has 0 aromatic heterocycles. The van der Waals surface area contributed by atoms with Crippen molar-refractivity contribution in [2.24, 2.45) is 11.8 Å². The minimum atomic E-state index is 0.871. The molecule has 0 radical (unpaired) electrons. The molecule has 1 nitrogen and oxygen atoms in total. The van der Waals surface area contributed by atoms with Crippen LogP contribution < -0.4 is 5.32 Å². The quantitative estimate of drug-likeness (QED) is 0.696. The van der Waals surface area contributed by atoms with Crippen molar-refractivity contribution in [3.05, 3.63) is 0 Å². The number of rotatable bonds is 4. The van der Waals surface area contributed by atoms with Crippen molar-refractivity contribution in [3.63, 3.8) is 0 Å². The molecule has 3 atom stereocenters. The van der Waals surface area contributed by atoms with Gasteiger partial charge < -0.3 is 5.32 Å². The summed E-state index contributed by atoms with van der Waals surface area (Å²) >= 11 is 0. The molecule has 1 aliphatic carbocycles. The standard InChI is InChI=1S/C14H27N/c1-2-3-4-9-14-13-8-6-5-7-12(13)10-11-15-14/h12-15H,2-11H2,1H3. The van der Waals surface area contributed by atoms with Gasteiger partial charge in [-0.2, -0.15) is 0 Å². The van der Waals surface area contributed by atoms with Crippen LogP contribution in [0, 0.1) is 11.8 Å². The van der Waals surface area contributed by atoms with Crippen LogP contribution in [-0.2, 0) is 0 Å². The maximum Gasteiger partial charge on any atom is 0.00979 e. The van der Waals surface area contributed by atoms with Crippen LogP contribution in [0.2, 0.25) is 0 Å². The minimum absolute atomic E-state index is 0.871. The first-order valence-electron chi connectivity index (χ1n) is 7.15. The number of unbranched alkanes of at least 4 members (excludes halogenated alkanes) is 2. The van der Waals surface area contributed by atoms with Gasteiger partial charge in [-0.15, -0.1) is 0 Å². The third kappa shape index (κ3) is 2.96. The van der Waals surface area contributed by atoms with Crippen molar-refractivity contribution in [3.8, 4) is 0 Å². The molecule has 0 amide bonds. The van der Waals surface area contributed by atoms with Gasteiger partial charge in [-0.05, 0) is 37.6 Å². The second-order valence-corrected chi connectivity index (χ2v) is 5.55. The van der Waals surface area contributed by atoms with E-state index in [0.717, 1.165) is 17.9 Å². The van der Waals surface area contributed by atoms with E-state index in [1.165, 1.54) is 64.3 Å². The van der Waals surface area contributed by atoms with Crippen molar-refractivity contribution < 1.29 is 0 Å². The summed E-state index contributed by atoms with van der Waals surface area (Å²) in [4.78, 5) is 0. The number of fused-ring (bicyclic) bond motifs is 1. The van der Waals surface area contributed by atoms with E-state index in [1.54, 1.807) is 0 Å². The van der Waals surface area contributed by atoms with Crippen LogP contribution in [0.3, 0.4) is 0 Å². The zero-order chi connectivity index (χ0) is 10.5. The molecular weight excluding hydrogens is 182 g/mol. The third-order valence-electron chi connectivity index (χ3n) is 4.53. The normalized spacial score (nSPS) is 36.2. The number of piperidine rings is 1. The molecule has 0 bridgehead atoms. The highest BCUT2D eigenvalue weighted by molar-refractivity contribution is 4.89. The Kier molecular flexibility index (Phi) is 4.49. The summed E-state index contributed by atoms with van der Waals surface area (Å²) in [5.41, 5.74) is 0. The van der Waals surface area contributed by atoms with E-state index < -0.39 is 0 Å². The van der Waals surface area contributed by atoms with Crippen molar-refractivity contribution >= 4 is 0 Å². The third-order valence-corrected chi connectivity index (χ3v) is 4.53. The molecule has 0 aromatic carbocycles. The topological polar surface area (TPSA) is 12.0 Å². The predicted octanol–water partition coefficient (Wildman–Crippen LogP) is 3.74. The lowest BCUT2D eigenvalue weighted by molar-refractivity contribution is 0.127. The van der Waals surface area contributed by atoms with E-state index in [1.807, 2.05) is 0 Å². The van der Waals surface area contributed by atoms with Crippen LogP contribution >= 0.6 is 0 Å². The maximum absolute atomic E-state index is 3.78. The number of nitrogens with one attached hydrogen (secondary N) is 1. The first-order valence-corrected chi connectivity index (χ1v) is 7.15. The van der Waals surface area contributed by atoms with Crippen molar-refractivity contribution in [2.45, 2.75) is 70.8 Å². The molecular formula is C14H27N. The Hall–Kier alpha value is -0.0400. The summed E-state index contributed by atoms with van der Waals surface area (Å²) in [5.74, 6) is 2.11. The van der Waals surface area contributed by atoms with Crippen LogP contribution in [0.5, 0.6) is 0 Å². The van der Waals surface area contributed by atoms with E-state index >= 15 is 0 Å². The fraction of sp³-hybridized carbons (Fsp3) is 1.00. The monoisotopic (exact) mass is 209 g/mol. The molecule has 0 aromatic rings. The average Bonchev–Trinajstić information content (AvgIpc) is 2.30. The van der Waals surface area contributed by atoms with E-state index in [0.29, 0.717) is 0 Å². The van der Waals surface area contributed by atoms with Gasteiger partial charge in [-0.25, -0.2) is 0 Å². The Morgan fingerprint density at radius 2 is 1.93 bits per heavy atom. The largest absolute Gasteiger partial charge is 0.314 e. The van der Waals surface area contributed by atoms with Crippen molar-refractivity contribution in [1.82, 2.24) is 5.32 Å². The minimum Gasteiger partial charge on any atom is -0.314 e. The van der Waals surface area contributed by atoms with Crippen LogP contribution in [-0.4, -0.2) is 12.6 Å². The molecule has 3 unspecified atom stereocenters. The smallest absolute Gasteiger partial charge is 0.00979 e. The SMILES string of the molecule is CCCCCC1NCCC2CCCCC21. The molecule has 2 rings (SSSR count). The van der Waals surface area contributed by atoms with Gasteiger partial charge in [0.15, 0.2) is 0 Å². The molecule has 0 spiro atoms. The average molecular weight is 209 g/mol. The molecule has 1 heterocycles. The van der Waals surface area contributed by atoms with Crippen molar-refractivity contribution in [2.75, 3.05) is 6.54 Å². The summed E-state index contributed by atoms with van der Waals surface area (Å²) in [5, 5.41) is 3.78. The highest BCUT2D eigenvalue weighted by atomic mass is 14.9. The molecule has 2 fully saturated rings. The zero-order valence-electron chi connectivity index (χ0n) is 10.3. The Labute approximate surface area is 95.0 Å². The van der Waals surface area contributed by atoms with Gasteiger partial charge in [0.25, 0.3) is 0 Å². The van der Waals surface area contributed by atoms with Crippen LogP contribution in [0.15, 0.2) is 0 Å². The molecule has 1 N–H and O–H groups in total. The summed E-state index contributed by atoms with van der Waals surface area (Å²) in [6.45, 7) is 3.59. The Morgan fingerprint density at radius 1 is 1.07 bits per heavy atom. The molecule has 88 valence electrons. The van der Waals surface area contributed by atoms with E-state index in [4.69, 9.17) is 0 Å². The van der Waals surface area contributed by atoms with Crippen LogP contribution in [0.1, 0.15) is 64.7 Å². The molecule has 2 aliphatic rings. The molecule has 1 saturated carbocycles. The second-order valence-electron chi connectivity index (χ2n) is 5.55. The van der Waals surface area contributed by atoms with Gasteiger partial charge in [-0.1, -0.05) is 45.4 Å². The van der Waals surface area contributed by atoms with E-state index in [2.05, 4.69) is 12.2 Å². The molecule has 1 saturated heterocycles. The highest BCUT2D eigenvalue weighted by Gasteiger charge is 2.33. The molecule has 1 heteroatoms. The molecule has 1 aliphatic heterocycles. The first kappa shape index (κ1) is 11.4. The van der Waals surface area contributed by atoms with Gasteiger partial charge in [0.1, 0.15) is 0 Å². The van der Waals surface area contributed by atoms with Gasteiger partial charge >= 0.3 is 0 Å². The number of hydrogen-bond acceptors (Lipinski definition) is 1. The van der Waals surface area contributed by atoms with E-state index in [-0.39, 0.29) is 0 Å². The van der Waals surface area contributed by atoms with Gasteiger partial charge in [-0.3, -0.25) is 0 Å². The predicted molar refractivity (Wildman–Crippen MR) is 66.0 cm³/mol. The Balaban J connectivity index is 1.81. The fourth-order valence-corrected chi connectivity index (χ4v) is 3.66. The number of hydrogen-bond donors (Lipinski definition) is 1. The lowest BCUT2D eigenvalue weighted by atomic mass is 9.70. The van der Waals surface area contributed by atoms with Gasteiger partial charge in [0.05, 0.1) is 0 Å². The Bertz CT molecular complexity index is 176. The summed E-state index contributed by atoms with van der Waals surface area (Å²) < 4.78 is 0. The lowest BCUT2D eigenvalue weighted by Crippen LogP contribution is -2.47. The Morgan fingerprint density at radius 3 is 2.80 bits per heavy atom. The van der Waals surface area contributed by atoms with Gasteiger partial charge in [0.2, 0.25) is 0 Å². The van der Waals surface area contributed by atoms with Crippen LogP contribution in [0.25, 0.3) is 0 Å². The lowest BCUT2D eigenvalue weighted by Gasteiger charge is -2.42. The van der Waals surface area contributed by atoms with Crippen LogP contribution in [0.4, 0.5) is 0 Å². The maximum atomic E-state index is 3.78. The van der Waals surface area contributed by atoms with Gasteiger partial charge in [0, 0.05) is 6.04 Å².